The first-order chi connectivity index (χ1) is 11.7. The van der Waals surface area contributed by atoms with Crippen LogP contribution in [0.25, 0.3) is 0 Å². The molecule has 0 aliphatic rings. The number of hydrogen-bond donors (Lipinski definition) is 2. The zero-order valence-corrected chi connectivity index (χ0v) is 14.7. The molecule has 0 heterocycles. The number of halogens is 1. The lowest BCUT2D eigenvalue weighted by Gasteiger charge is -2.14. The van der Waals surface area contributed by atoms with Crippen molar-refractivity contribution in [1.29, 1.82) is 0 Å². The van der Waals surface area contributed by atoms with E-state index in [1.807, 2.05) is 49.4 Å². The molecule has 0 aliphatic carbocycles. The number of benzene rings is 2. The maximum absolute atomic E-state index is 8.80. The van der Waals surface area contributed by atoms with Crippen LogP contribution in [-0.4, -0.2) is 24.9 Å². The van der Waals surface area contributed by atoms with E-state index in [1.165, 1.54) is 0 Å². The van der Waals surface area contributed by atoms with Crippen LogP contribution in [0.1, 0.15) is 24.5 Å². The van der Waals surface area contributed by atoms with Gasteiger partial charge in [-0.25, -0.2) is 0 Å². The highest BCUT2D eigenvalue weighted by Gasteiger charge is 2.07. The van der Waals surface area contributed by atoms with Crippen molar-refractivity contribution in [1.82, 2.24) is 5.32 Å². The molecule has 0 aromatic heterocycles. The highest BCUT2D eigenvalue weighted by Crippen LogP contribution is 2.29. The van der Waals surface area contributed by atoms with E-state index in [1.54, 1.807) is 0 Å². The number of ether oxygens (including phenoxy) is 2. The Morgan fingerprint density at radius 3 is 2.67 bits per heavy atom. The van der Waals surface area contributed by atoms with Crippen LogP contribution in [-0.2, 0) is 13.2 Å². The van der Waals surface area contributed by atoms with E-state index >= 15 is 0 Å². The highest BCUT2D eigenvalue weighted by molar-refractivity contribution is 6.30. The monoisotopic (exact) mass is 349 g/mol. The van der Waals surface area contributed by atoms with Gasteiger partial charge in [0.15, 0.2) is 11.5 Å². The van der Waals surface area contributed by atoms with E-state index in [-0.39, 0.29) is 6.61 Å². The number of aliphatic hydroxyl groups is 1. The van der Waals surface area contributed by atoms with E-state index in [2.05, 4.69) is 5.32 Å². The second-order valence-electron chi connectivity index (χ2n) is 5.39. The predicted octanol–water partition coefficient (Wildman–Crippen LogP) is 3.79. The minimum absolute atomic E-state index is 0.202. The van der Waals surface area contributed by atoms with E-state index in [9.17, 15) is 0 Å². The van der Waals surface area contributed by atoms with Crippen LogP contribution in [0.2, 0.25) is 5.02 Å². The Labute approximate surface area is 148 Å². The number of aliphatic hydroxyl groups excluding tert-OH is 1. The maximum atomic E-state index is 8.80. The topological polar surface area (TPSA) is 50.7 Å². The van der Waals surface area contributed by atoms with Crippen molar-refractivity contribution in [2.75, 3.05) is 19.8 Å². The van der Waals surface area contributed by atoms with Crippen LogP contribution in [0.4, 0.5) is 0 Å². The summed E-state index contributed by atoms with van der Waals surface area (Å²) in [4.78, 5) is 0. The fourth-order valence-corrected chi connectivity index (χ4v) is 2.49. The first-order valence-electron chi connectivity index (χ1n) is 8.17. The van der Waals surface area contributed by atoms with Crippen LogP contribution in [0.5, 0.6) is 11.5 Å². The molecule has 0 unspecified atom stereocenters. The van der Waals surface area contributed by atoms with Gasteiger partial charge in [-0.05, 0) is 55.3 Å². The molecule has 0 saturated carbocycles. The van der Waals surface area contributed by atoms with Crippen molar-refractivity contribution in [3.8, 4) is 11.5 Å². The zero-order valence-electron chi connectivity index (χ0n) is 13.9. The first-order valence-corrected chi connectivity index (χ1v) is 8.55. The van der Waals surface area contributed by atoms with Gasteiger partial charge in [-0.3, -0.25) is 0 Å². The summed E-state index contributed by atoms with van der Waals surface area (Å²) in [6.07, 6.45) is 0.749. The molecule has 0 spiro atoms. The standard InChI is InChI=1S/C19H24ClNO3/c1-2-23-19-12-15(13-21-9-4-10-22)7-8-18(19)24-14-16-5-3-6-17(20)11-16/h3,5-8,11-12,21-22H,2,4,9-10,13-14H2,1H3. The van der Waals surface area contributed by atoms with E-state index in [0.29, 0.717) is 18.2 Å². The summed E-state index contributed by atoms with van der Waals surface area (Å²) >= 11 is 6.00. The molecule has 0 aliphatic heterocycles. The van der Waals surface area contributed by atoms with E-state index in [4.69, 9.17) is 26.2 Å². The number of nitrogens with one attached hydrogen (secondary N) is 1. The third kappa shape index (κ3) is 6.04. The van der Waals surface area contributed by atoms with Gasteiger partial charge in [-0.15, -0.1) is 0 Å². The van der Waals surface area contributed by atoms with Gasteiger partial charge in [0.05, 0.1) is 6.61 Å². The smallest absolute Gasteiger partial charge is 0.161 e. The van der Waals surface area contributed by atoms with Crippen molar-refractivity contribution < 1.29 is 14.6 Å². The summed E-state index contributed by atoms with van der Waals surface area (Å²) in [5.41, 5.74) is 2.13. The summed E-state index contributed by atoms with van der Waals surface area (Å²) in [6, 6.07) is 13.6. The molecule has 0 atom stereocenters. The van der Waals surface area contributed by atoms with Gasteiger partial charge in [0.2, 0.25) is 0 Å². The Morgan fingerprint density at radius 1 is 1.04 bits per heavy atom. The maximum Gasteiger partial charge on any atom is 0.161 e. The molecule has 2 aromatic rings. The van der Waals surface area contributed by atoms with Gasteiger partial charge in [-0.2, -0.15) is 0 Å². The van der Waals surface area contributed by atoms with Gasteiger partial charge in [-0.1, -0.05) is 29.8 Å². The van der Waals surface area contributed by atoms with Crippen molar-refractivity contribution >= 4 is 11.6 Å². The molecule has 5 heteroatoms. The highest BCUT2D eigenvalue weighted by atomic mass is 35.5. The van der Waals surface area contributed by atoms with Crippen molar-refractivity contribution in [3.63, 3.8) is 0 Å². The molecule has 2 aromatic carbocycles. The fraction of sp³-hybridized carbons (Fsp3) is 0.368. The molecule has 130 valence electrons. The van der Waals surface area contributed by atoms with Gasteiger partial charge in [0, 0.05) is 18.2 Å². The normalized spacial score (nSPS) is 10.6. The summed E-state index contributed by atoms with van der Waals surface area (Å²) in [5.74, 6) is 1.46. The molecular formula is C19H24ClNO3. The van der Waals surface area contributed by atoms with Gasteiger partial charge >= 0.3 is 0 Å². The molecular weight excluding hydrogens is 326 g/mol. The van der Waals surface area contributed by atoms with Crippen LogP contribution < -0.4 is 14.8 Å². The Bertz CT molecular complexity index is 634. The average Bonchev–Trinajstić information content (AvgIpc) is 2.58. The third-order valence-electron chi connectivity index (χ3n) is 3.43. The largest absolute Gasteiger partial charge is 0.490 e. The summed E-state index contributed by atoms with van der Waals surface area (Å²) in [7, 11) is 0. The molecule has 24 heavy (non-hydrogen) atoms. The Hall–Kier alpha value is -1.75. The summed E-state index contributed by atoms with van der Waals surface area (Å²) in [5, 5.41) is 12.8. The second kappa shape index (κ2) is 10.2. The predicted molar refractivity (Wildman–Crippen MR) is 96.8 cm³/mol. The van der Waals surface area contributed by atoms with Crippen molar-refractivity contribution in [2.24, 2.45) is 0 Å². The summed E-state index contributed by atoms with van der Waals surface area (Å²) < 4.78 is 11.6. The molecule has 0 amide bonds. The Kier molecular flexibility index (Phi) is 7.89. The lowest BCUT2D eigenvalue weighted by Crippen LogP contribution is -2.15. The van der Waals surface area contributed by atoms with E-state index < -0.39 is 0 Å². The summed E-state index contributed by atoms with van der Waals surface area (Å²) in [6.45, 7) is 4.69. The van der Waals surface area contributed by atoms with Crippen LogP contribution >= 0.6 is 11.6 Å². The molecule has 0 radical (unpaired) electrons. The van der Waals surface area contributed by atoms with Crippen LogP contribution in [0.15, 0.2) is 42.5 Å². The quantitative estimate of drug-likeness (QED) is 0.641. The number of rotatable bonds is 10. The number of hydrogen-bond acceptors (Lipinski definition) is 4. The third-order valence-corrected chi connectivity index (χ3v) is 3.67. The molecule has 4 nitrogen and oxygen atoms in total. The Morgan fingerprint density at radius 2 is 1.92 bits per heavy atom. The van der Waals surface area contributed by atoms with Gasteiger partial charge < -0.3 is 19.9 Å². The van der Waals surface area contributed by atoms with Gasteiger partial charge in [0.1, 0.15) is 6.61 Å². The van der Waals surface area contributed by atoms with Crippen molar-refractivity contribution in [3.05, 3.63) is 58.6 Å². The van der Waals surface area contributed by atoms with Gasteiger partial charge in [0.25, 0.3) is 0 Å². The first kappa shape index (κ1) is 18.6. The lowest BCUT2D eigenvalue weighted by molar-refractivity contribution is 0.269. The minimum Gasteiger partial charge on any atom is -0.490 e. The molecule has 0 bridgehead atoms. The second-order valence-corrected chi connectivity index (χ2v) is 5.82. The molecule has 0 saturated heterocycles. The lowest BCUT2D eigenvalue weighted by atomic mass is 10.2. The molecule has 0 fully saturated rings. The fourth-order valence-electron chi connectivity index (χ4n) is 2.27. The zero-order chi connectivity index (χ0) is 17.2. The Balaban J connectivity index is 2.00. The average molecular weight is 350 g/mol. The van der Waals surface area contributed by atoms with Crippen molar-refractivity contribution in [2.45, 2.75) is 26.5 Å². The molecule has 2 rings (SSSR count). The van der Waals surface area contributed by atoms with E-state index in [0.717, 1.165) is 42.1 Å². The minimum atomic E-state index is 0.202. The van der Waals surface area contributed by atoms with Crippen LogP contribution in [0.3, 0.4) is 0 Å². The SMILES string of the molecule is CCOc1cc(CNCCCO)ccc1OCc1cccc(Cl)c1. The van der Waals surface area contributed by atoms with Crippen LogP contribution in [0, 0.1) is 0 Å². The molecule has 2 N–H and O–H groups in total.